The molecule has 0 radical (unpaired) electrons. The molecule has 150 valence electrons. The molecule has 0 aliphatic carbocycles. The molecule has 8 heteroatoms. The molecule has 0 unspecified atom stereocenters. The minimum atomic E-state index is -4.57. The molecule has 0 spiro atoms. The summed E-state index contributed by atoms with van der Waals surface area (Å²) < 4.78 is 39.3. The van der Waals surface area contributed by atoms with Gasteiger partial charge in [0.05, 0.1) is 17.7 Å². The number of carbonyl (C=O) groups excluding carboxylic acids is 2. The quantitative estimate of drug-likeness (QED) is 0.735. The summed E-state index contributed by atoms with van der Waals surface area (Å²) in [6.07, 6.45) is -1.46. The van der Waals surface area contributed by atoms with Crippen molar-refractivity contribution in [3.8, 4) is 0 Å². The van der Waals surface area contributed by atoms with Crippen LogP contribution in [0.4, 0.5) is 13.2 Å². The predicted molar refractivity (Wildman–Crippen MR) is 96.3 cm³/mol. The molecule has 5 nitrogen and oxygen atoms in total. The Bertz CT molecular complexity index is 641. The molecule has 1 aromatic carbocycles. The molecule has 0 aromatic heterocycles. The zero-order valence-corrected chi connectivity index (χ0v) is 15.5. The maximum Gasteiger partial charge on any atom is 0.417 e. The van der Waals surface area contributed by atoms with Gasteiger partial charge in [0.1, 0.15) is 0 Å². The highest BCUT2D eigenvalue weighted by Crippen LogP contribution is 2.32. The third kappa shape index (κ3) is 6.23. The second kappa shape index (κ2) is 9.73. The molecule has 27 heavy (non-hydrogen) atoms. The molecule has 1 aromatic rings. The molecule has 0 atom stereocenters. The third-order valence-electron chi connectivity index (χ3n) is 4.59. The minimum Gasteiger partial charge on any atom is -0.355 e. The number of nitrogens with one attached hydrogen (secondary N) is 1. The van der Waals surface area contributed by atoms with Gasteiger partial charge in [-0.2, -0.15) is 13.2 Å². The second-order valence-corrected chi connectivity index (χ2v) is 6.67. The monoisotopic (exact) mass is 385 g/mol. The topological polar surface area (TPSA) is 52.7 Å². The van der Waals surface area contributed by atoms with E-state index >= 15 is 0 Å². The number of amides is 2. The molecule has 1 N–H and O–H groups in total. The molecule has 1 saturated heterocycles. The molecule has 1 heterocycles. The first-order valence-electron chi connectivity index (χ1n) is 9.27. The van der Waals surface area contributed by atoms with Crippen LogP contribution < -0.4 is 5.32 Å². The van der Waals surface area contributed by atoms with Gasteiger partial charge in [0.15, 0.2) is 0 Å². The lowest BCUT2D eigenvalue weighted by atomic mass is 10.1. The maximum absolute atomic E-state index is 13.1. The predicted octanol–water partition coefficient (Wildman–Crippen LogP) is 2.77. The Balaban J connectivity index is 1.85. The zero-order valence-electron chi connectivity index (χ0n) is 15.5. The van der Waals surface area contributed by atoms with Crippen LogP contribution >= 0.6 is 0 Å². The Morgan fingerprint density at radius 1 is 1.07 bits per heavy atom. The molecule has 0 saturated carbocycles. The Labute approximate surface area is 157 Å². The fourth-order valence-corrected chi connectivity index (χ4v) is 3.06. The average Bonchev–Trinajstić information content (AvgIpc) is 2.64. The Morgan fingerprint density at radius 3 is 2.37 bits per heavy atom. The average molecular weight is 385 g/mol. The molecule has 0 bridgehead atoms. The summed E-state index contributed by atoms with van der Waals surface area (Å²) in [5, 5.41) is 2.86. The van der Waals surface area contributed by atoms with Gasteiger partial charge in [0.2, 0.25) is 5.91 Å². The van der Waals surface area contributed by atoms with Gasteiger partial charge in [-0.3, -0.25) is 14.5 Å². The standard InChI is InChI=1S/C19H26F3N3O2/c1-2-3-6-9-23-17(26)14-24-10-12-25(13-11-24)18(27)15-7-4-5-8-16(15)19(20,21)22/h4-5,7-8H,2-3,6,9-14H2,1H3,(H,23,26). The van der Waals surface area contributed by atoms with E-state index in [9.17, 15) is 22.8 Å². The van der Waals surface area contributed by atoms with Gasteiger partial charge < -0.3 is 10.2 Å². The van der Waals surface area contributed by atoms with Crippen molar-refractivity contribution in [1.29, 1.82) is 0 Å². The highest BCUT2D eigenvalue weighted by molar-refractivity contribution is 5.96. The van der Waals surface area contributed by atoms with Gasteiger partial charge >= 0.3 is 6.18 Å². The number of hydrogen-bond donors (Lipinski definition) is 1. The molecule has 1 aliphatic heterocycles. The number of carbonyl (C=O) groups is 2. The molecular weight excluding hydrogens is 359 g/mol. The largest absolute Gasteiger partial charge is 0.417 e. The number of alkyl halides is 3. The van der Waals surface area contributed by atoms with E-state index in [4.69, 9.17) is 0 Å². The van der Waals surface area contributed by atoms with Crippen molar-refractivity contribution in [2.75, 3.05) is 39.3 Å². The summed E-state index contributed by atoms with van der Waals surface area (Å²) in [6, 6.07) is 4.84. The maximum atomic E-state index is 13.1. The minimum absolute atomic E-state index is 0.0618. The summed E-state index contributed by atoms with van der Waals surface area (Å²) in [6.45, 7) is 4.51. The van der Waals surface area contributed by atoms with E-state index in [0.717, 1.165) is 25.3 Å². The van der Waals surface area contributed by atoms with Crippen molar-refractivity contribution in [2.45, 2.75) is 32.4 Å². The molecule has 2 rings (SSSR count). The van der Waals surface area contributed by atoms with Gasteiger partial charge in [-0.05, 0) is 18.6 Å². The number of benzene rings is 1. The lowest BCUT2D eigenvalue weighted by Gasteiger charge is -2.34. The van der Waals surface area contributed by atoms with Crippen LogP contribution in [-0.2, 0) is 11.0 Å². The summed E-state index contributed by atoms with van der Waals surface area (Å²) in [5.74, 6) is -0.681. The zero-order chi connectivity index (χ0) is 19.9. The Kier molecular flexibility index (Phi) is 7.65. The lowest BCUT2D eigenvalue weighted by Crippen LogP contribution is -2.51. The lowest BCUT2D eigenvalue weighted by molar-refractivity contribution is -0.138. The van der Waals surface area contributed by atoms with Gasteiger partial charge in [0.25, 0.3) is 5.91 Å². The van der Waals surface area contributed by atoms with Crippen LogP contribution in [0, 0.1) is 0 Å². The van der Waals surface area contributed by atoms with Crippen LogP contribution in [0.25, 0.3) is 0 Å². The molecule has 1 fully saturated rings. The van der Waals surface area contributed by atoms with E-state index in [1.165, 1.54) is 23.1 Å². The summed E-state index contributed by atoms with van der Waals surface area (Å²) >= 11 is 0. The van der Waals surface area contributed by atoms with E-state index in [-0.39, 0.29) is 18.0 Å². The second-order valence-electron chi connectivity index (χ2n) is 6.67. The normalized spacial score (nSPS) is 15.6. The number of halogens is 3. The van der Waals surface area contributed by atoms with Crippen molar-refractivity contribution < 1.29 is 22.8 Å². The van der Waals surface area contributed by atoms with E-state index in [0.29, 0.717) is 32.7 Å². The van der Waals surface area contributed by atoms with Crippen LogP contribution in [0.3, 0.4) is 0 Å². The fraction of sp³-hybridized carbons (Fsp3) is 0.579. The van der Waals surface area contributed by atoms with E-state index in [2.05, 4.69) is 12.2 Å². The first kappa shape index (κ1) is 21.2. The number of nitrogens with zero attached hydrogens (tertiary/aromatic N) is 2. The highest BCUT2D eigenvalue weighted by Gasteiger charge is 2.36. The van der Waals surface area contributed by atoms with Crippen LogP contribution in [-0.4, -0.2) is 60.9 Å². The van der Waals surface area contributed by atoms with Gasteiger partial charge in [-0.25, -0.2) is 0 Å². The summed E-state index contributed by atoms with van der Waals surface area (Å²) in [7, 11) is 0. The Hall–Kier alpha value is -2.09. The third-order valence-corrected chi connectivity index (χ3v) is 4.59. The van der Waals surface area contributed by atoms with Crippen molar-refractivity contribution in [1.82, 2.24) is 15.1 Å². The van der Waals surface area contributed by atoms with Crippen LogP contribution in [0.2, 0.25) is 0 Å². The van der Waals surface area contributed by atoms with Crippen LogP contribution in [0.1, 0.15) is 42.1 Å². The van der Waals surface area contributed by atoms with Crippen LogP contribution in [0.5, 0.6) is 0 Å². The van der Waals surface area contributed by atoms with Crippen molar-refractivity contribution >= 4 is 11.8 Å². The van der Waals surface area contributed by atoms with Gasteiger partial charge in [0, 0.05) is 32.7 Å². The van der Waals surface area contributed by atoms with Gasteiger partial charge in [-0.15, -0.1) is 0 Å². The SMILES string of the molecule is CCCCCNC(=O)CN1CCN(C(=O)c2ccccc2C(F)(F)F)CC1. The smallest absolute Gasteiger partial charge is 0.355 e. The number of rotatable bonds is 7. The van der Waals surface area contributed by atoms with E-state index in [1.54, 1.807) is 0 Å². The number of unbranched alkanes of at least 4 members (excludes halogenated alkanes) is 2. The van der Waals surface area contributed by atoms with E-state index < -0.39 is 17.6 Å². The van der Waals surface area contributed by atoms with Crippen molar-refractivity contribution in [3.63, 3.8) is 0 Å². The van der Waals surface area contributed by atoms with Crippen molar-refractivity contribution in [3.05, 3.63) is 35.4 Å². The first-order chi connectivity index (χ1) is 12.8. The Morgan fingerprint density at radius 2 is 1.74 bits per heavy atom. The highest BCUT2D eigenvalue weighted by atomic mass is 19.4. The molecular formula is C19H26F3N3O2. The number of piperazine rings is 1. The fourth-order valence-electron chi connectivity index (χ4n) is 3.06. The van der Waals surface area contributed by atoms with Crippen LogP contribution in [0.15, 0.2) is 24.3 Å². The van der Waals surface area contributed by atoms with Crippen molar-refractivity contribution in [2.24, 2.45) is 0 Å². The van der Waals surface area contributed by atoms with E-state index in [1.807, 2.05) is 4.90 Å². The molecule has 2 amide bonds. The first-order valence-corrected chi connectivity index (χ1v) is 9.27. The summed E-state index contributed by atoms with van der Waals surface area (Å²) in [5.41, 5.74) is -1.24. The molecule has 1 aliphatic rings. The summed E-state index contributed by atoms with van der Waals surface area (Å²) in [4.78, 5) is 27.8. The number of hydrogen-bond acceptors (Lipinski definition) is 3. The van der Waals surface area contributed by atoms with Gasteiger partial charge in [-0.1, -0.05) is 31.9 Å².